The van der Waals surface area contributed by atoms with Crippen molar-refractivity contribution in [3.05, 3.63) is 88.1 Å². The first-order valence-electron chi connectivity index (χ1n) is 17.1. The molecular weight excluding hydrogens is 636 g/mol. The lowest BCUT2D eigenvalue weighted by Crippen LogP contribution is -2.49. The van der Waals surface area contributed by atoms with E-state index in [9.17, 15) is 24.4 Å². The number of carbonyl (C=O) groups excluding carboxylic acids is 4. The molecule has 3 aliphatic rings. The summed E-state index contributed by atoms with van der Waals surface area (Å²) in [6.45, 7) is 10.0. The van der Waals surface area contributed by atoms with Gasteiger partial charge in [0.15, 0.2) is 0 Å². The van der Waals surface area contributed by atoms with Crippen molar-refractivity contribution in [1.29, 1.82) is 0 Å². The predicted molar refractivity (Wildman–Crippen MR) is 187 cm³/mol. The highest BCUT2D eigenvalue weighted by atomic mass is 16.6. The lowest BCUT2D eigenvalue weighted by Gasteiger charge is -2.39. The molecule has 1 fully saturated rings. The number of ether oxygens (including phenoxy) is 1. The third kappa shape index (κ3) is 7.22. The largest absolute Gasteiger partial charge is 0.444 e. The van der Waals surface area contributed by atoms with Crippen LogP contribution in [0.25, 0.3) is 0 Å². The zero-order valence-electron chi connectivity index (χ0n) is 29.4. The summed E-state index contributed by atoms with van der Waals surface area (Å²) >= 11 is 0. The standard InChI is InChI=1S/C38H46N6O6/c1-24-17-27-19-38(29-11-8-14-39-32(29)42-33(38)46)20-28(27)18-30(24)41-31(45)23-43(34(47)37(5)12-15-44(49)16-13-37)22-26-10-7-6-9-25(26)21-40-35(48)50-36(2,3)4/h6-11,14,17-18,49H,12-13,15-16,19-23H2,1-5H3,(H,40,48)(H,41,45)(H,39,42,46). The van der Waals surface area contributed by atoms with E-state index >= 15 is 0 Å². The lowest BCUT2D eigenvalue weighted by molar-refractivity contribution is -0.158. The molecular formula is C38H46N6O6. The molecule has 4 amide bonds. The van der Waals surface area contributed by atoms with Gasteiger partial charge in [0.05, 0.1) is 5.41 Å². The Morgan fingerprint density at radius 3 is 2.42 bits per heavy atom. The summed E-state index contributed by atoms with van der Waals surface area (Å²) < 4.78 is 5.40. The third-order valence-electron chi connectivity index (χ3n) is 10.1. The Morgan fingerprint density at radius 2 is 1.72 bits per heavy atom. The number of nitrogens with one attached hydrogen (secondary N) is 3. The van der Waals surface area contributed by atoms with Crippen molar-refractivity contribution < 1.29 is 29.1 Å². The van der Waals surface area contributed by atoms with Crippen molar-refractivity contribution in [2.75, 3.05) is 30.3 Å². The minimum atomic E-state index is -0.770. The van der Waals surface area contributed by atoms with E-state index in [-0.39, 0.29) is 37.4 Å². The molecule has 50 heavy (non-hydrogen) atoms. The lowest BCUT2D eigenvalue weighted by atomic mass is 9.79. The molecule has 0 saturated carbocycles. The summed E-state index contributed by atoms with van der Waals surface area (Å²) in [6, 6.07) is 15.3. The zero-order chi connectivity index (χ0) is 35.8. The van der Waals surface area contributed by atoms with Gasteiger partial charge in [-0.1, -0.05) is 43.3 Å². The smallest absolute Gasteiger partial charge is 0.407 e. The zero-order valence-corrected chi connectivity index (χ0v) is 29.4. The van der Waals surface area contributed by atoms with E-state index in [1.54, 1.807) is 31.9 Å². The number of amides is 4. The molecule has 12 heteroatoms. The molecule has 1 unspecified atom stereocenters. The quantitative estimate of drug-likeness (QED) is 0.263. The molecule has 3 heterocycles. The fourth-order valence-corrected chi connectivity index (χ4v) is 7.30. The summed E-state index contributed by atoms with van der Waals surface area (Å²) in [7, 11) is 0. The van der Waals surface area contributed by atoms with Crippen molar-refractivity contribution in [3.8, 4) is 0 Å². The van der Waals surface area contributed by atoms with Gasteiger partial charge in [0, 0.05) is 49.0 Å². The molecule has 1 aliphatic carbocycles. The van der Waals surface area contributed by atoms with Gasteiger partial charge in [-0.15, -0.1) is 0 Å². The van der Waals surface area contributed by atoms with Crippen molar-refractivity contribution in [1.82, 2.24) is 20.3 Å². The fourth-order valence-electron chi connectivity index (χ4n) is 7.30. The number of piperidine rings is 1. The topological polar surface area (TPSA) is 153 Å². The summed E-state index contributed by atoms with van der Waals surface area (Å²) in [6.07, 6.45) is 3.06. The third-order valence-corrected chi connectivity index (χ3v) is 10.1. The number of pyridine rings is 1. The van der Waals surface area contributed by atoms with Crippen molar-refractivity contribution in [2.24, 2.45) is 5.41 Å². The molecule has 3 aromatic rings. The van der Waals surface area contributed by atoms with Crippen molar-refractivity contribution in [3.63, 3.8) is 0 Å². The number of anilines is 2. The maximum atomic E-state index is 14.3. The minimum Gasteiger partial charge on any atom is -0.444 e. The number of alkyl carbamates (subject to hydrolysis) is 1. The predicted octanol–water partition coefficient (Wildman–Crippen LogP) is 4.86. The van der Waals surface area contributed by atoms with Crippen LogP contribution in [0.15, 0.2) is 54.7 Å². The number of nitrogens with zero attached hydrogens (tertiary/aromatic N) is 3. The van der Waals surface area contributed by atoms with Gasteiger partial charge in [-0.3, -0.25) is 14.4 Å². The highest BCUT2D eigenvalue weighted by Gasteiger charge is 2.51. The van der Waals surface area contributed by atoms with Crippen LogP contribution in [0.2, 0.25) is 0 Å². The van der Waals surface area contributed by atoms with E-state index in [2.05, 4.69) is 20.9 Å². The van der Waals surface area contributed by atoms with Gasteiger partial charge in [0.1, 0.15) is 18.0 Å². The molecule has 0 radical (unpaired) electrons. The Hall–Kier alpha value is -4.81. The number of hydrogen-bond acceptors (Lipinski definition) is 8. The van der Waals surface area contributed by atoms with Crippen LogP contribution in [-0.2, 0) is 50.5 Å². The van der Waals surface area contributed by atoms with Gasteiger partial charge in [0.2, 0.25) is 17.7 Å². The van der Waals surface area contributed by atoms with Crippen LogP contribution in [0.1, 0.15) is 73.9 Å². The molecule has 12 nitrogen and oxygen atoms in total. The number of carbonyl (C=O) groups is 4. The monoisotopic (exact) mass is 682 g/mol. The Morgan fingerprint density at radius 1 is 1.04 bits per heavy atom. The van der Waals surface area contributed by atoms with Crippen LogP contribution in [0, 0.1) is 12.3 Å². The van der Waals surface area contributed by atoms with E-state index in [0.717, 1.165) is 33.4 Å². The number of hydroxylamine groups is 2. The fraction of sp³-hybridized carbons (Fsp3) is 0.447. The normalized spacial score (nSPS) is 19.4. The van der Waals surface area contributed by atoms with E-state index in [0.29, 0.717) is 50.3 Å². The highest BCUT2D eigenvalue weighted by molar-refractivity contribution is 6.06. The molecule has 1 aromatic heterocycles. The maximum Gasteiger partial charge on any atom is 0.407 e. The first-order valence-corrected chi connectivity index (χ1v) is 17.1. The number of fused-ring (bicyclic) bond motifs is 3. The van der Waals surface area contributed by atoms with E-state index in [1.165, 1.54) is 5.06 Å². The molecule has 6 rings (SSSR count). The number of aryl methyl sites for hydroxylation is 1. The van der Waals surface area contributed by atoms with Gasteiger partial charge >= 0.3 is 6.09 Å². The summed E-state index contributed by atoms with van der Waals surface area (Å²) in [5.74, 6) is 0.000346. The summed E-state index contributed by atoms with van der Waals surface area (Å²) in [5.41, 5.74) is 3.86. The Balaban J connectivity index is 1.21. The van der Waals surface area contributed by atoms with Crippen LogP contribution in [0.3, 0.4) is 0 Å². The maximum absolute atomic E-state index is 14.3. The number of hydrogen-bond donors (Lipinski definition) is 4. The first kappa shape index (κ1) is 35.0. The van der Waals surface area contributed by atoms with Gasteiger partial charge in [-0.05, 0) is 93.3 Å². The van der Waals surface area contributed by atoms with Gasteiger partial charge < -0.3 is 30.8 Å². The highest BCUT2D eigenvalue weighted by Crippen LogP contribution is 2.47. The van der Waals surface area contributed by atoms with Crippen LogP contribution in [0.5, 0.6) is 0 Å². The molecule has 2 aliphatic heterocycles. The number of benzene rings is 2. The molecule has 1 saturated heterocycles. The number of rotatable bonds is 8. The number of aromatic nitrogens is 1. The van der Waals surface area contributed by atoms with E-state index in [1.807, 2.05) is 62.4 Å². The van der Waals surface area contributed by atoms with Crippen LogP contribution < -0.4 is 16.0 Å². The van der Waals surface area contributed by atoms with Gasteiger partial charge in [-0.2, -0.15) is 5.06 Å². The molecule has 264 valence electrons. The average molecular weight is 683 g/mol. The first-order chi connectivity index (χ1) is 23.7. The van der Waals surface area contributed by atoms with Crippen molar-refractivity contribution >= 4 is 35.3 Å². The Kier molecular flexibility index (Phi) is 9.45. The molecule has 1 spiro atoms. The second-order valence-corrected chi connectivity index (χ2v) is 15.1. The van der Waals surface area contributed by atoms with Gasteiger partial charge in [0.25, 0.3) is 0 Å². The summed E-state index contributed by atoms with van der Waals surface area (Å²) in [4.78, 5) is 59.6. The van der Waals surface area contributed by atoms with E-state index < -0.39 is 22.5 Å². The second kappa shape index (κ2) is 13.5. The summed E-state index contributed by atoms with van der Waals surface area (Å²) in [5, 5.41) is 20.0. The molecule has 1 atom stereocenters. The molecule has 4 N–H and O–H groups in total. The SMILES string of the molecule is Cc1cc2c(cc1NC(=O)CN(Cc1ccccc1CNC(=O)OC(C)(C)C)C(=O)C1(C)CCN(O)CC1)CC1(C2)C(=O)Nc2ncccc21. The van der Waals surface area contributed by atoms with E-state index in [4.69, 9.17) is 4.74 Å². The average Bonchev–Trinajstić information content (AvgIpc) is 3.56. The van der Waals surface area contributed by atoms with Crippen LogP contribution >= 0.6 is 0 Å². The molecule has 2 aromatic carbocycles. The van der Waals surface area contributed by atoms with Gasteiger partial charge in [-0.25, -0.2) is 9.78 Å². The second-order valence-electron chi connectivity index (χ2n) is 15.1. The minimum absolute atomic E-state index is 0.0677. The van der Waals surface area contributed by atoms with Crippen LogP contribution in [0.4, 0.5) is 16.3 Å². The Labute approximate surface area is 292 Å². The van der Waals surface area contributed by atoms with Crippen molar-refractivity contribution in [2.45, 2.75) is 84.4 Å². The van der Waals surface area contributed by atoms with Crippen LogP contribution in [-0.4, -0.2) is 69.2 Å². The Bertz CT molecular complexity index is 1830. The molecule has 0 bridgehead atoms.